The molecule has 1 N–H and O–H groups in total. The molecule has 1 aliphatic heterocycles. The van der Waals surface area contributed by atoms with Crippen molar-refractivity contribution >= 4 is 6.03 Å². The van der Waals surface area contributed by atoms with Crippen LogP contribution in [0, 0.1) is 11.3 Å². The van der Waals surface area contributed by atoms with Crippen molar-refractivity contribution < 1.29 is 14.3 Å². The number of fused-ring (bicyclic) bond motifs is 1. The summed E-state index contributed by atoms with van der Waals surface area (Å²) in [6, 6.07) is 8.23. The number of hydrogen-bond donors (Lipinski definition) is 1. The van der Waals surface area contributed by atoms with Crippen LogP contribution in [0.5, 0.6) is 5.75 Å². The summed E-state index contributed by atoms with van der Waals surface area (Å²) in [4.78, 5) is 14.5. The highest BCUT2D eigenvalue weighted by Crippen LogP contribution is 2.52. The third-order valence-corrected chi connectivity index (χ3v) is 6.07. The van der Waals surface area contributed by atoms with E-state index >= 15 is 0 Å². The Balaban J connectivity index is 1.60. The standard InChI is InChI=1S/C20H30N2O3/c1-13(12-14-8-6-7-9-16(14)24-5)22(4)19(23)21-17-15-10-11-25-18(15)20(17,2)3/h6-9,13,15,17-18H,10-12H2,1-5H3,(H,21,23)/t13-,15-,17+,18+/m0/s1. The molecule has 2 aliphatic rings. The molecule has 0 aromatic heterocycles. The van der Waals surface area contributed by atoms with Crippen molar-refractivity contribution in [2.75, 3.05) is 20.8 Å². The predicted octanol–water partition coefficient (Wildman–Crippen LogP) is 3.08. The van der Waals surface area contributed by atoms with E-state index < -0.39 is 0 Å². The quantitative estimate of drug-likeness (QED) is 0.891. The van der Waals surface area contributed by atoms with E-state index in [0.29, 0.717) is 5.92 Å². The second-order valence-electron chi connectivity index (χ2n) is 7.97. The Morgan fingerprint density at radius 1 is 1.44 bits per heavy atom. The van der Waals surface area contributed by atoms with E-state index in [1.54, 1.807) is 12.0 Å². The van der Waals surface area contributed by atoms with Crippen molar-refractivity contribution in [3.8, 4) is 5.75 Å². The lowest BCUT2D eigenvalue weighted by atomic mass is 9.57. The highest BCUT2D eigenvalue weighted by Gasteiger charge is 2.59. The van der Waals surface area contributed by atoms with Crippen LogP contribution in [0.25, 0.3) is 0 Å². The van der Waals surface area contributed by atoms with E-state index in [2.05, 4.69) is 32.2 Å². The maximum absolute atomic E-state index is 12.8. The Hall–Kier alpha value is -1.75. The number of para-hydroxylation sites is 1. The van der Waals surface area contributed by atoms with Crippen LogP contribution in [0.3, 0.4) is 0 Å². The Morgan fingerprint density at radius 2 is 2.16 bits per heavy atom. The fourth-order valence-corrected chi connectivity index (χ4v) is 4.38. The lowest BCUT2D eigenvalue weighted by Crippen LogP contribution is -2.68. The highest BCUT2D eigenvalue weighted by atomic mass is 16.5. The van der Waals surface area contributed by atoms with Crippen molar-refractivity contribution in [3.63, 3.8) is 0 Å². The van der Waals surface area contributed by atoms with Gasteiger partial charge in [-0.2, -0.15) is 0 Å². The highest BCUT2D eigenvalue weighted by molar-refractivity contribution is 5.75. The first kappa shape index (κ1) is 18.1. The number of ether oxygens (including phenoxy) is 2. The second kappa shape index (κ2) is 6.87. The third-order valence-electron chi connectivity index (χ3n) is 6.07. The Labute approximate surface area is 150 Å². The molecule has 0 unspecified atom stereocenters. The summed E-state index contributed by atoms with van der Waals surface area (Å²) in [6.45, 7) is 7.25. The second-order valence-corrected chi connectivity index (χ2v) is 7.97. The zero-order valence-corrected chi connectivity index (χ0v) is 15.9. The van der Waals surface area contributed by atoms with Gasteiger partial charge in [0.05, 0.1) is 13.2 Å². The number of urea groups is 1. The number of amides is 2. The van der Waals surface area contributed by atoms with E-state index in [4.69, 9.17) is 9.47 Å². The van der Waals surface area contributed by atoms with Crippen LogP contribution in [-0.2, 0) is 11.2 Å². The van der Waals surface area contributed by atoms with Gasteiger partial charge < -0.3 is 19.7 Å². The van der Waals surface area contributed by atoms with Gasteiger partial charge in [-0.3, -0.25) is 0 Å². The van der Waals surface area contributed by atoms with Gasteiger partial charge in [0.1, 0.15) is 5.75 Å². The van der Waals surface area contributed by atoms with Gasteiger partial charge in [-0.1, -0.05) is 32.0 Å². The molecule has 1 saturated carbocycles. The summed E-state index contributed by atoms with van der Waals surface area (Å²) in [5.74, 6) is 1.33. The average molecular weight is 346 g/mol. The van der Waals surface area contributed by atoms with Gasteiger partial charge in [-0.05, 0) is 31.4 Å². The molecule has 2 amide bonds. The zero-order chi connectivity index (χ0) is 18.2. The van der Waals surface area contributed by atoms with E-state index in [0.717, 1.165) is 30.8 Å². The minimum absolute atomic E-state index is 0.00353. The molecule has 0 radical (unpaired) electrons. The van der Waals surface area contributed by atoms with Gasteiger partial charge >= 0.3 is 6.03 Å². The van der Waals surface area contributed by atoms with Gasteiger partial charge in [0.25, 0.3) is 0 Å². The smallest absolute Gasteiger partial charge is 0.317 e. The summed E-state index contributed by atoms with van der Waals surface area (Å²) in [5, 5.41) is 3.25. The Kier molecular flexibility index (Phi) is 4.96. The first-order chi connectivity index (χ1) is 11.9. The van der Waals surface area contributed by atoms with Crippen LogP contribution in [0.4, 0.5) is 4.79 Å². The van der Waals surface area contributed by atoms with Crippen LogP contribution in [-0.4, -0.2) is 49.9 Å². The minimum atomic E-state index is -0.00850. The largest absolute Gasteiger partial charge is 0.496 e. The molecule has 0 bridgehead atoms. The number of methoxy groups -OCH3 is 1. The SMILES string of the molecule is COc1ccccc1C[C@H](C)N(C)C(=O)N[C@@H]1[C@@H]2CCO[C@H]2C1(C)C. The summed E-state index contributed by atoms with van der Waals surface area (Å²) in [7, 11) is 3.54. The molecule has 1 aromatic carbocycles. The molecule has 25 heavy (non-hydrogen) atoms. The van der Waals surface area contributed by atoms with Crippen LogP contribution >= 0.6 is 0 Å². The van der Waals surface area contributed by atoms with Crippen molar-refractivity contribution in [2.45, 2.75) is 51.8 Å². The number of nitrogens with one attached hydrogen (secondary N) is 1. The van der Waals surface area contributed by atoms with Gasteiger partial charge in [-0.15, -0.1) is 0 Å². The van der Waals surface area contributed by atoms with Gasteiger partial charge in [-0.25, -0.2) is 4.79 Å². The number of likely N-dealkylation sites (N-methyl/N-ethyl adjacent to an activating group) is 1. The van der Waals surface area contributed by atoms with Gasteiger partial charge in [0.2, 0.25) is 0 Å². The molecule has 1 aromatic rings. The van der Waals surface area contributed by atoms with Crippen molar-refractivity contribution in [1.29, 1.82) is 0 Å². The maximum Gasteiger partial charge on any atom is 0.317 e. The molecule has 0 spiro atoms. The van der Waals surface area contributed by atoms with Crippen molar-refractivity contribution in [2.24, 2.45) is 11.3 Å². The zero-order valence-electron chi connectivity index (χ0n) is 15.9. The Bertz CT molecular complexity index is 631. The molecule has 1 aliphatic carbocycles. The molecular formula is C20H30N2O3. The molecule has 4 atom stereocenters. The van der Waals surface area contributed by atoms with Crippen molar-refractivity contribution in [3.05, 3.63) is 29.8 Å². The molecule has 3 rings (SSSR count). The van der Waals surface area contributed by atoms with Gasteiger partial charge in [0, 0.05) is 37.1 Å². The number of carbonyl (C=O) groups is 1. The fraction of sp³-hybridized carbons (Fsp3) is 0.650. The first-order valence-corrected chi connectivity index (χ1v) is 9.13. The molecule has 5 nitrogen and oxygen atoms in total. The van der Waals surface area contributed by atoms with Gasteiger partial charge in [0.15, 0.2) is 0 Å². The van der Waals surface area contributed by atoms with Crippen LogP contribution in [0.15, 0.2) is 24.3 Å². The van der Waals surface area contributed by atoms with Crippen LogP contribution in [0.1, 0.15) is 32.8 Å². The monoisotopic (exact) mass is 346 g/mol. The predicted molar refractivity (Wildman–Crippen MR) is 97.9 cm³/mol. The Morgan fingerprint density at radius 3 is 2.88 bits per heavy atom. The minimum Gasteiger partial charge on any atom is -0.496 e. The van der Waals surface area contributed by atoms with E-state index in [9.17, 15) is 4.79 Å². The van der Waals surface area contributed by atoms with Crippen LogP contribution < -0.4 is 10.1 Å². The average Bonchev–Trinajstić information content (AvgIpc) is 3.06. The third kappa shape index (κ3) is 3.22. The lowest BCUT2D eigenvalue weighted by Gasteiger charge is -2.54. The van der Waals surface area contributed by atoms with E-state index in [-0.39, 0.29) is 29.6 Å². The molecule has 1 heterocycles. The summed E-state index contributed by atoms with van der Waals surface area (Å²) in [5.41, 5.74) is 1.12. The normalized spacial score (nSPS) is 27.8. The molecule has 5 heteroatoms. The summed E-state index contributed by atoms with van der Waals surface area (Å²) in [6.07, 6.45) is 2.09. The maximum atomic E-state index is 12.8. The molecule has 2 fully saturated rings. The molecule has 138 valence electrons. The van der Waals surface area contributed by atoms with E-state index in [1.165, 1.54) is 0 Å². The van der Waals surface area contributed by atoms with E-state index in [1.807, 2.05) is 25.2 Å². The van der Waals surface area contributed by atoms with Crippen LogP contribution in [0.2, 0.25) is 0 Å². The summed E-state index contributed by atoms with van der Waals surface area (Å²) < 4.78 is 11.2. The first-order valence-electron chi connectivity index (χ1n) is 9.13. The molecule has 1 saturated heterocycles. The fourth-order valence-electron chi connectivity index (χ4n) is 4.38. The lowest BCUT2D eigenvalue weighted by molar-refractivity contribution is -0.109. The number of carbonyl (C=O) groups excluding carboxylic acids is 1. The topological polar surface area (TPSA) is 50.8 Å². The van der Waals surface area contributed by atoms with Crippen molar-refractivity contribution in [1.82, 2.24) is 10.2 Å². The number of rotatable bonds is 5. The number of hydrogen-bond acceptors (Lipinski definition) is 3. The summed E-state index contributed by atoms with van der Waals surface area (Å²) >= 11 is 0. The number of benzene rings is 1. The number of nitrogens with zero attached hydrogens (tertiary/aromatic N) is 1. The molecular weight excluding hydrogens is 316 g/mol.